The number of nitrogens with zero attached hydrogens (tertiary/aromatic N) is 1. The van der Waals surface area contributed by atoms with E-state index in [0.29, 0.717) is 31.7 Å². The lowest BCUT2D eigenvalue weighted by molar-refractivity contribution is 0.0767. The van der Waals surface area contributed by atoms with Crippen LogP contribution in [0.5, 0.6) is 11.5 Å². The summed E-state index contributed by atoms with van der Waals surface area (Å²) in [4.78, 5) is 14.0. The number of phenolic OH excluding ortho intramolecular Hbond substituents is 1. The average molecular weight is 343 g/mol. The molecule has 25 heavy (non-hydrogen) atoms. The van der Waals surface area contributed by atoms with Crippen LogP contribution in [0.3, 0.4) is 0 Å². The minimum atomic E-state index is -0.563. The number of aromatic hydroxyl groups is 1. The number of hydrogen-bond donors (Lipinski definition) is 2. The molecule has 1 aromatic rings. The Bertz CT molecular complexity index is 758. The number of phenols is 1. The highest BCUT2D eigenvalue weighted by Gasteiger charge is 2.53. The Morgan fingerprint density at radius 2 is 2.36 bits per heavy atom. The second kappa shape index (κ2) is 5.81. The zero-order chi connectivity index (χ0) is 17.6. The Kier molecular flexibility index (Phi) is 3.72. The van der Waals surface area contributed by atoms with Crippen LogP contribution in [-0.4, -0.2) is 46.6 Å². The molecule has 2 N–H and O–H groups in total. The first kappa shape index (κ1) is 16.0. The van der Waals surface area contributed by atoms with E-state index in [2.05, 4.69) is 6.58 Å². The van der Waals surface area contributed by atoms with Crippen LogP contribution >= 0.6 is 0 Å². The van der Waals surface area contributed by atoms with E-state index in [1.165, 1.54) is 0 Å². The predicted octanol–water partition coefficient (Wildman–Crippen LogP) is 2.24. The van der Waals surface area contributed by atoms with Crippen LogP contribution in [0.2, 0.25) is 0 Å². The number of rotatable bonds is 2. The molecule has 2 heterocycles. The van der Waals surface area contributed by atoms with Gasteiger partial charge in [-0.1, -0.05) is 30.9 Å². The van der Waals surface area contributed by atoms with Gasteiger partial charge in [0.25, 0.3) is 0 Å². The minimum Gasteiger partial charge on any atom is -0.504 e. The Labute approximate surface area is 146 Å². The highest BCUT2D eigenvalue weighted by atomic mass is 16.6. The zero-order valence-corrected chi connectivity index (χ0v) is 13.9. The Hall–Kier alpha value is -2.47. The molecule has 1 amide bonds. The van der Waals surface area contributed by atoms with E-state index in [1.807, 2.05) is 12.1 Å². The molecule has 0 aromatic heterocycles. The van der Waals surface area contributed by atoms with Crippen molar-refractivity contribution in [2.45, 2.75) is 37.0 Å². The minimum absolute atomic E-state index is 0.0955. The van der Waals surface area contributed by atoms with Crippen molar-refractivity contribution in [2.75, 3.05) is 13.2 Å². The van der Waals surface area contributed by atoms with E-state index < -0.39 is 11.5 Å². The van der Waals surface area contributed by atoms with E-state index in [1.54, 1.807) is 23.1 Å². The first-order valence-corrected chi connectivity index (χ1v) is 8.47. The summed E-state index contributed by atoms with van der Waals surface area (Å²) in [6.07, 6.45) is 5.23. The van der Waals surface area contributed by atoms with Gasteiger partial charge in [0.1, 0.15) is 12.7 Å². The number of ether oxygens (including phenoxy) is 2. The van der Waals surface area contributed by atoms with Gasteiger partial charge in [-0.05, 0) is 18.1 Å². The van der Waals surface area contributed by atoms with Crippen LogP contribution in [0.15, 0.2) is 36.9 Å². The Morgan fingerprint density at radius 1 is 1.52 bits per heavy atom. The summed E-state index contributed by atoms with van der Waals surface area (Å²) in [5.41, 5.74) is 1.43. The van der Waals surface area contributed by atoms with Crippen molar-refractivity contribution in [3.05, 3.63) is 48.1 Å². The van der Waals surface area contributed by atoms with Gasteiger partial charge in [-0.3, -0.25) is 0 Å². The van der Waals surface area contributed by atoms with Gasteiger partial charge < -0.3 is 24.6 Å². The molecule has 2 unspecified atom stereocenters. The van der Waals surface area contributed by atoms with Gasteiger partial charge in [-0.25, -0.2) is 4.79 Å². The number of amides is 1. The number of hydrogen-bond acceptors (Lipinski definition) is 5. The van der Waals surface area contributed by atoms with Crippen LogP contribution in [0.25, 0.3) is 0 Å². The quantitative estimate of drug-likeness (QED) is 0.805. The summed E-state index contributed by atoms with van der Waals surface area (Å²) in [6, 6.07) is 3.43. The average Bonchev–Trinajstić information content (AvgIpc) is 2.84. The molecule has 0 fully saturated rings. The summed E-state index contributed by atoms with van der Waals surface area (Å²) in [7, 11) is 0. The number of aliphatic hydroxyl groups excluding tert-OH is 1. The van der Waals surface area contributed by atoms with E-state index in [9.17, 15) is 15.0 Å². The molecule has 0 bridgehead atoms. The van der Waals surface area contributed by atoms with Crippen LogP contribution in [-0.2, 0) is 16.7 Å². The topological polar surface area (TPSA) is 79.2 Å². The molecule has 132 valence electrons. The molecule has 6 nitrogen and oxygen atoms in total. The molecule has 2 aliphatic heterocycles. The van der Waals surface area contributed by atoms with Crippen molar-refractivity contribution in [3.63, 3.8) is 0 Å². The van der Waals surface area contributed by atoms with E-state index >= 15 is 0 Å². The third kappa shape index (κ3) is 2.40. The fraction of sp³-hybridized carbons (Fsp3) is 0.421. The number of benzene rings is 1. The molecular weight excluding hydrogens is 322 g/mol. The molecule has 0 saturated heterocycles. The first-order chi connectivity index (χ1) is 12.0. The Balaban J connectivity index is 1.76. The molecule has 1 aliphatic carbocycles. The van der Waals surface area contributed by atoms with Crippen LogP contribution in [0, 0.1) is 0 Å². The summed E-state index contributed by atoms with van der Waals surface area (Å²) in [6.45, 7) is 4.64. The SMILES string of the molecule is C=CCOC(=O)N1CCC23C=CC(O)C[C@H]2Oc2c(O)ccc(c23)C1. The van der Waals surface area contributed by atoms with Crippen molar-refractivity contribution in [1.82, 2.24) is 4.90 Å². The van der Waals surface area contributed by atoms with Crippen LogP contribution < -0.4 is 4.74 Å². The second-order valence-electron chi connectivity index (χ2n) is 6.79. The summed E-state index contributed by atoms with van der Waals surface area (Å²) in [5.74, 6) is 0.570. The maximum absolute atomic E-state index is 12.3. The lowest BCUT2D eigenvalue weighted by Gasteiger charge is -2.35. The molecule has 3 atom stereocenters. The molecule has 4 rings (SSSR count). The molecule has 3 aliphatic rings. The predicted molar refractivity (Wildman–Crippen MR) is 90.5 cm³/mol. The van der Waals surface area contributed by atoms with E-state index in [-0.39, 0.29) is 24.6 Å². The zero-order valence-electron chi connectivity index (χ0n) is 13.9. The summed E-state index contributed by atoms with van der Waals surface area (Å²) < 4.78 is 11.2. The van der Waals surface area contributed by atoms with Gasteiger partial charge in [0.05, 0.1) is 11.5 Å². The molecule has 0 saturated carbocycles. The fourth-order valence-corrected chi connectivity index (χ4v) is 4.16. The monoisotopic (exact) mass is 343 g/mol. The fourth-order valence-electron chi connectivity index (χ4n) is 4.16. The highest BCUT2D eigenvalue weighted by molar-refractivity contribution is 5.69. The van der Waals surface area contributed by atoms with Crippen molar-refractivity contribution in [3.8, 4) is 11.5 Å². The number of carbonyl (C=O) groups is 1. The van der Waals surface area contributed by atoms with Crippen molar-refractivity contribution in [2.24, 2.45) is 0 Å². The number of aliphatic hydroxyl groups is 1. The van der Waals surface area contributed by atoms with E-state index in [4.69, 9.17) is 9.47 Å². The third-order valence-corrected chi connectivity index (χ3v) is 5.33. The normalized spacial score (nSPS) is 29.2. The summed E-state index contributed by atoms with van der Waals surface area (Å²) in [5, 5.41) is 20.2. The maximum atomic E-state index is 12.3. The van der Waals surface area contributed by atoms with Crippen LogP contribution in [0.1, 0.15) is 24.0 Å². The second-order valence-corrected chi connectivity index (χ2v) is 6.79. The largest absolute Gasteiger partial charge is 0.504 e. The van der Waals surface area contributed by atoms with Gasteiger partial charge in [0.2, 0.25) is 0 Å². The van der Waals surface area contributed by atoms with Crippen molar-refractivity contribution >= 4 is 6.09 Å². The molecule has 1 spiro atoms. The van der Waals surface area contributed by atoms with Crippen molar-refractivity contribution < 1.29 is 24.5 Å². The summed E-state index contributed by atoms with van der Waals surface area (Å²) >= 11 is 0. The molecular formula is C19H21NO5. The van der Waals surface area contributed by atoms with Crippen molar-refractivity contribution in [1.29, 1.82) is 0 Å². The lowest BCUT2D eigenvalue weighted by atomic mass is 9.69. The van der Waals surface area contributed by atoms with Gasteiger partial charge in [-0.15, -0.1) is 0 Å². The lowest BCUT2D eigenvalue weighted by Crippen LogP contribution is -2.43. The smallest absolute Gasteiger partial charge is 0.410 e. The van der Waals surface area contributed by atoms with Gasteiger partial charge in [0.15, 0.2) is 11.5 Å². The van der Waals surface area contributed by atoms with Gasteiger partial charge >= 0.3 is 6.09 Å². The van der Waals surface area contributed by atoms with Gasteiger partial charge in [0, 0.05) is 25.1 Å². The van der Waals surface area contributed by atoms with Crippen LogP contribution in [0.4, 0.5) is 4.79 Å². The standard InChI is InChI=1S/C19H21NO5/c1-2-9-24-18(23)20-8-7-19-6-5-13(21)10-15(19)25-17-14(22)4-3-12(11-20)16(17)19/h2-6,13,15,21-22H,1,7-11H2/t13?,15-,19?/m1/s1. The molecule has 6 heteroatoms. The van der Waals surface area contributed by atoms with Gasteiger partial charge in [-0.2, -0.15) is 0 Å². The molecule has 1 aromatic carbocycles. The molecule has 0 radical (unpaired) electrons. The Morgan fingerprint density at radius 3 is 3.16 bits per heavy atom. The maximum Gasteiger partial charge on any atom is 0.410 e. The van der Waals surface area contributed by atoms with E-state index in [0.717, 1.165) is 11.1 Å². The highest BCUT2D eigenvalue weighted by Crippen LogP contribution is 2.55. The third-order valence-electron chi connectivity index (χ3n) is 5.33. The number of carbonyl (C=O) groups excluding carboxylic acids is 1. The first-order valence-electron chi connectivity index (χ1n) is 8.47.